The van der Waals surface area contributed by atoms with Crippen LogP contribution in [0.15, 0.2) is 16.2 Å². The molecular weight excluding hydrogens is 220 g/mol. The van der Waals surface area contributed by atoms with Gasteiger partial charge in [-0.2, -0.15) is 0 Å². The van der Waals surface area contributed by atoms with Crippen molar-refractivity contribution >= 4 is 27.2 Å². The molecule has 4 heteroatoms. The van der Waals surface area contributed by atoms with Crippen LogP contribution in [0.2, 0.25) is 0 Å². The van der Waals surface area contributed by atoms with Crippen LogP contribution in [-0.4, -0.2) is 4.57 Å². The van der Waals surface area contributed by atoms with E-state index in [2.05, 4.69) is 6.92 Å². The summed E-state index contributed by atoms with van der Waals surface area (Å²) < 4.78 is 2.74. The van der Waals surface area contributed by atoms with Gasteiger partial charge in [0.25, 0.3) is 5.56 Å². The lowest BCUT2D eigenvalue weighted by molar-refractivity contribution is 0.774. The highest BCUT2D eigenvalue weighted by atomic mass is 32.1. The maximum Gasteiger partial charge on any atom is 0.256 e. The number of nitrogens with zero attached hydrogens (tertiary/aromatic N) is 1. The topological polar surface area (TPSA) is 48.0 Å². The Morgan fingerprint density at radius 2 is 2.25 bits per heavy atom. The second kappa shape index (κ2) is 4.29. The van der Waals surface area contributed by atoms with Crippen LogP contribution < -0.4 is 11.3 Å². The summed E-state index contributed by atoms with van der Waals surface area (Å²) >= 11 is 1.60. The van der Waals surface area contributed by atoms with Gasteiger partial charge in [0.05, 0.1) is 15.9 Å². The van der Waals surface area contributed by atoms with Crippen LogP contribution in [0.25, 0.3) is 10.2 Å². The summed E-state index contributed by atoms with van der Waals surface area (Å²) in [7, 11) is 1.81. The van der Waals surface area contributed by atoms with E-state index < -0.39 is 0 Å². The van der Waals surface area contributed by atoms with E-state index in [0.717, 1.165) is 35.0 Å². The van der Waals surface area contributed by atoms with Crippen molar-refractivity contribution in [2.75, 3.05) is 5.73 Å². The van der Waals surface area contributed by atoms with E-state index in [1.54, 1.807) is 15.9 Å². The van der Waals surface area contributed by atoms with Gasteiger partial charge in [-0.25, -0.2) is 0 Å². The van der Waals surface area contributed by atoms with Gasteiger partial charge in [0.15, 0.2) is 0 Å². The number of hydrogen-bond acceptors (Lipinski definition) is 3. The van der Waals surface area contributed by atoms with Crippen molar-refractivity contribution < 1.29 is 0 Å². The lowest BCUT2D eigenvalue weighted by Gasteiger charge is -2.09. The first kappa shape index (κ1) is 11.2. The quantitative estimate of drug-likeness (QED) is 0.890. The molecule has 0 aromatic carbocycles. The number of thiophene rings is 1. The molecule has 2 aromatic rings. The fourth-order valence-electron chi connectivity index (χ4n) is 1.93. The van der Waals surface area contributed by atoms with Crippen LogP contribution in [0, 0.1) is 0 Å². The van der Waals surface area contributed by atoms with E-state index in [-0.39, 0.29) is 5.56 Å². The summed E-state index contributed by atoms with van der Waals surface area (Å²) in [6.45, 7) is 2.12. The minimum atomic E-state index is 0.0526. The summed E-state index contributed by atoms with van der Waals surface area (Å²) in [5.41, 5.74) is 8.52. The molecule has 0 radical (unpaired) electrons. The van der Waals surface area contributed by atoms with Gasteiger partial charge in [-0.05, 0) is 24.3 Å². The fourth-order valence-corrected chi connectivity index (χ4v) is 2.84. The van der Waals surface area contributed by atoms with Crippen LogP contribution in [0.3, 0.4) is 0 Å². The number of nitrogen functional groups attached to an aromatic ring is 1. The zero-order valence-electron chi connectivity index (χ0n) is 9.62. The molecule has 0 saturated carbocycles. The molecule has 0 aliphatic rings. The first-order valence-electron chi connectivity index (χ1n) is 5.51. The van der Waals surface area contributed by atoms with E-state index in [1.165, 1.54) is 0 Å². The summed E-state index contributed by atoms with van der Waals surface area (Å²) in [6, 6.07) is 1.95. The summed E-state index contributed by atoms with van der Waals surface area (Å²) in [4.78, 5) is 12.1. The Bertz CT molecular complexity index is 568. The Morgan fingerprint density at radius 1 is 1.50 bits per heavy atom. The average molecular weight is 236 g/mol. The van der Waals surface area contributed by atoms with Gasteiger partial charge >= 0.3 is 0 Å². The molecular formula is C12H16N2OS. The molecule has 2 heterocycles. The van der Waals surface area contributed by atoms with Crippen molar-refractivity contribution in [3.63, 3.8) is 0 Å². The molecule has 3 nitrogen and oxygen atoms in total. The highest BCUT2D eigenvalue weighted by molar-refractivity contribution is 7.17. The minimum absolute atomic E-state index is 0.0526. The predicted octanol–water partition coefficient (Wildman–Crippen LogP) is 2.52. The normalized spacial score (nSPS) is 11.1. The number of rotatable bonds is 3. The Labute approximate surface area is 98.5 Å². The molecule has 2 N–H and O–H groups in total. The SMILES string of the molecule is CCCCc1c(N)c2sccc2n(C)c1=O. The van der Waals surface area contributed by atoms with Gasteiger partial charge in [0.2, 0.25) is 0 Å². The first-order chi connectivity index (χ1) is 7.66. The van der Waals surface area contributed by atoms with Crippen molar-refractivity contribution in [2.45, 2.75) is 26.2 Å². The molecule has 0 fully saturated rings. The third-order valence-electron chi connectivity index (χ3n) is 2.92. The molecule has 0 amide bonds. The largest absolute Gasteiger partial charge is 0.397 e. The number of anilines is 1. The monoisotopic (exact) mass is 236 g/mol. The van der Waals surface area contributed by atoms with Crippen LogP contribution >= 0.6 is 11.3 Å². The third kappa shape index (κ3) is 1.63. The van der Waals surface area contributed by atoms with Gasteiger partial charge in [-0.3, -0.25) is 4.79 Å². The van der Waals surface area contributed by atoms with E-state index >= 15 is 0 Å². The van der Waals surface area contributed by atoms with Gasteiger partial charge in [0.1, 0.15) is 0 Å². The van der Waals surface area contributed by atoms with E-state index in [1.807, 2.05) is 18.5 Å². The summed E-state index contributed by atoms with van der Waals surface area (Å²) in [5, 5.41) is 1.98. The molecule has 2 rings (SSSR count). The number of fused-ring (bicyclic) bond motifs is 1. The Morgan fingerprint density at radius 3 is 2.94 bits per heavy atom. The van der Waals surface area contributed by atoms with E-state index in [9.17, 15) is 4.79 Å². The molecule has 86 valence electrons. The van der Waals surface area contributed by atoms with Crippen LogP contribution in [0.1, 0.15) is 25.3 Å². The molecule has 0 atom stereocenters. The second-order valence-corrected chi connectivity index (χ2v) is 4.91. The van der Waals surface area contributed by atoms with E-state index in [0.29, 0.717) is 5.69 Å². The van der Waals surface area contributed by atoms with Crippen LogP contribution in [0.5, 0.6) is 0 Å². The standard InChI is InChI=1S/C12H16N2OS/c1-3-4-5-8-10(13)11-9(6-7-16-11)14(2)12(8)15/h6-7H,3-5,13H2,1-2H3. The zero-order chi connectivity index (χ0) is 11.7. The highest BCUT2D eigenvalue weighted by Crippen LogP contribution is 2.27. The lowest BCUT2D eigenvalue weighted by Crippen LogP contribution is -2.22. The van der Waals surface area contributed by atoms with Crippen LogP contribution in [0.4, 0.5) is 5.69 Å². The van der Waals surface area contributed by atoms with Gasteiger partial charge in [0, 0.05) is 12.6 Å². The highest BCUT2D eigenvalue weighted by Gasteiger charge is 2.12. The number of aryl methyl sites for hydroxylation is 1. The van der Waals surface area contributed by atoms with Gasteiger partial charge in [-0.15, -0.1) is 11.3 Å². The molecule has 16 heavy (non-hydrogen) atoms. The predicted molar refractivity (Wildman–Crippen MR) is 70.1 cm³/mol. The molecule has 0 unspecified atom stereocenters. The molecule has 0 spiro atoms. The third-order valence-corrected chi connectivity index (χ3v) is 3.86. The average Bonchev–Trinajstić information content (AvgIpc) is 2.75. The smallest absolute Gasteiger partial charge is 0.256 e. The molecule has 0 aliphatic heterocycles. The maximum absolute atomic E-state index is 12.1. The number of nitrogens with two attached hydrogens (primary N) is 1. The van der Waals surface area contributed by atoms with Gasteiger partial charge < -0.3 is 10.3 Å². The number of aromatic nitrogens is 1. The Balaban J connectivity index is 2.68. The summed E-state index contributed by atoms with van der Waals surface area (Å²) in [6.07, 6.45) is 2.87. The Hall–Kier alpha value is -1.29. The molecule has 0 aliphatic carbocycles. The molecule has 2 aromatic heterocycles. The fraction of sp³-hybridized carbons (Fsp3) is 0.417. The van der Waals surface area contributed by atoms with E-state index in [4.69, 9.17) is 5.73 Å². The van der Waals surface area contributed by atoms with Crippen molar-refractivity contribution in [1.82, 2.24) is 4.57 Å². The lowest BCUT2D eigenvalue weighted by atomic mass is 10.1. The van der Waals surface area contributed by atoms with Crippen molar-refractivity contribution in [3.05, 3.63) is 27.4 Å². The number of unbranched alkanes of at least 4 members (excludes halogenated alkanes) is 1. The first-order valence-corrected chi connectivity index (χ1v) is 6.39. The minimum Gasteiger partial charge on any atom is -0.397 e. The van der Waals surface area contributed by atoms with Gasteiger partial charge in [-0.1, -0.05) is 13.3 Å². The van der Waals surface area contributed by atoms with Crippen molar-refractivity contribution in [3.8, 4) is 0 Å². The number of pyridine rings is 1. The molecule has 0 saturated heterocycles. The Kier molecular flexibility index (Phi) is 3.01. The van der Waals surface area contributed by atoms with Crippen LogP contribution in [-0.2, 0) is 13.5 Å². The maximum atomic E-state index is 12.1. The van der Waals surface area contributed by atoms with Crippen molar-refractivity contribution in [2.24, 2.45) is 7.05 Å². The molecule has 0 bridgehead atoms. The van der Waals surface area contributed by atoms with Crippen molar-refractivity contribution in [1.29, 1.82) is 0 Å². The zero-order valence-corrected chi connectivity index (χ0v) is 10.4. The number of hydrogen-bond donors (Lipinski definition) is 1. The summed E-state index contributed by atoms with van der Waals surface area (Å²) in [5.74, 6) is 0. The second-order valence-electron chi connectivity index (χ2n) is 3.99.